The normalized spacial score (nSPS) is 23.5. The molecule has 2 aliphatic rings. The first-order valence-corrected chi connectivity index (χ1v) is 9.45. The van der Waals surface area contributed by atoms with Gasteiger partial charge in [0.05, 0.1) is 6.26 Å². The second-order valence-corrected chi connectivity index (χ2v) is 7.56. The average Bonchev–Trinajstić information content (AvgIpc) is 3.39. The Morgan fingerprint density at radius 1 is 1.21 bits per heavy atom. The number of hydrogen-bond donors (Lipinski definition) is 2. The number of aryl methyl sites for hydroxylation is 1. The molecule has 2 heterocycles. The van der Waals surface area contributed by atoms with E-state index in [0.29, 0.717) is 17.8 Å². The maximum atomic E-state index is 13.1. The highest BCUT2D eigenvalue weighted by atomic mass is 16.4. The molecule has 3 unspecified atom stereocenters. The number of fused-ring (bicyclic) bond motifs is 1. The first-order valence-electron chi connectivity index (χ1n) is 9.45. The van der Waals surface area contributed by atoms with Crippen LogP contribution in [0.15, 0.2) is 41.0 Å². The molecule has 1 aromatic carbocycles. The largest absolute Gasteiger partial charge is 0.480 e. The minimum absolute atomic E-state index is 0.0324. The van der Waals surface area contributed by atoms with E-state index in [0.717, 1.165) is 24.8 Å². The van der Waals surface area contributed by atoms with E-state index < -0.39 is 17.9 Å². The van der Waals surface area contributed by atoms with Crippen molar-refractivity contribution in [2.75, 3.05) is 11.9 Å². The lowest BCUT2D eigenvalue weighted by Gasteiger charge is -2.24. The number of benzene rings is 1. The summed E-state index contributed by atoms with van der Waals surface area (Å²) in [5.41, 5.74) is 1.66. The monoisotopic (exact) mass is 382 g/mol. The number of carbonyl (C=O) groups excluding carboxylic acids is 2. The van der Waals surface area contributed by atoms with Crippen molar-refractivity contribution in [1.82, 2.24) is 4.90 Å². The van der Waals surface area contributed by atoms with Gasteiger partial charge in [-0.05, 0) is 61.4 Å². The van der Waals surface area contributed by atoms with Gasteiger partial charge in [-0.2, -0.15) is 0 Å². The Morgan fingerprint density at radius 2 is 2.04 bits per heavy atom. The summed E-state index contributed by atoms with van der Waals surface area (Å²) in [4.78, 5) is 38.7. The first-order chi connectivity index (χ1) is 13.5. The molecule has 1 aromatic heterocycles. The van der Waals surface area contributed by atoms with Crippen LogP contribution in [-0.4, -0.2) is 40.4 Å². The van der Waals surface area contributed by atoms with Crippen LogP contribution >= 0.6 is 0 Å². The molecule has 1 saturated carbocycles. The zero-order valence-corrected chi connectivity index (χ0v) is 15.6. The Morgan fingerprint density at radius 3 is 2.75 bits per heavy atom. The van der Waals surface area contributed by atoms with E-state index in [1.54, 1.807) is 30.3 Å². The fraction of sp³-hybridized carbons (Fsp3) is 0.381. The van der Waals surface area contributed by atoms with E-state index >= 15 is 0 Å². The van der Waals surface area contributed by atoms with E-state index in [2.05, 4.69) is 5.32 Å². The number of carboxylic acid groups (broad SMARTS) is 1. The summed E-state index contributed by atoms with van der Waals surface area (Å²) >= 11 is 0. The van der Waals surface area contributed by atoms with Gasteiger partial charge in [0, 0.05) is 17.8 Å². The third-order valence-corrected chi connectivity index (χ3v) is 5.88. The third kappa shape index (κ3) is 3.17. The van der Waals surface area contributed by atoms with Gasteiger partial charge in [0.2, 0.25) is 0 Å². The second-order valence-electron chi connectivity index (χ2n) is 7.56. The molecule has 2 fully saturated rings. The summed E-state index contributed by atoms with van der Waals surface area (Å²) in [6.07, 6.45) is 4.26. The number of nitrogens with zero attached hydrogens (tertiary/aromatic N) is 1. The predicted octanol–water partition coefficient (Wildman–Crippen LogP) is 3.17. The maximum absolute atomic E-state index is 13.1. The van der Waals surface area contributed by atoms with Gasteiger partial charge >= 0.3 is 5.97 Å². The summed E-state index contributed by atoms with van der Waals surface area (Å²) in [6.45, 7) is 2.30. The molecule has 4 rings (SSSR count). The summed E-state index contributed by atoms with van der Waals surface area (Å²) in [5.74, 6) is -1.19. The fourth-order valence-electron chi connectivity index (χ4n) is 4.48. The van der Waals surface area contributed by atoms with Crippen LogP contribution in [0.4, 0.5) is 5.69 Å². The number of furan rings is 1. The molecule has 2 N–H and O–H groups in total. The smallest absolute Gasteiger partial charge is 0.326 e. The Bertz CT molecular complexity index is 921. The molecule has 0 spiro atoms. The molecule has 3 atom stereocenters. The van der Waals surface area contributed by atoms with Crippen molar-refractivity contribution in [3.8, 4) is 0 Å². The number of carboxylic acids is 1. The molecule has 7 nitrogen and oxygen atoms in total. The topological polar surface area (TPSA) is 99.9 Å². The summed E-state index contributed by atoms with van der Waals surface area (Å²) in [5, 5.41) is 12.4. The molecule has 0 bridgehead atoms. The van der Waals surface area contributed by atoms with Gasteiger partial charge in [0.25, 0.3) is 11.8 Å². The van der Waals surface area contributed by atoms with Crippen molar-refractivity contribution >= 4 is 23.5 Å². The lowest BCUT2D eigenvalue weighted by molar-refractivity contribution is -0.142. The van der Waals surface area contributed by atoms with Gasteiger partial charge in [-0.15, -0.1) is 0 Å². The Kier molecular flexibility index (Phi) is 4.66. The van der Waals surface area contributed by atoms with E-state index in [1.165, 1.54) is 11.2 Å². The van der Waals surface area contributed by atoms with Crippen LogP contribution in [-0.2, 0) is 4.79 Å². The van der Waals surface area contributed by atoms with Crippen LogP contribution in [0.5, 0.6) is 0 Å². The molecule has 1 aliphatic heterocycles. The maximum Gasteiger partial charge on any atom is 0.326 e. The summed E-state index contributed by atoms with van der Waals surface area (Å²) in [7, 11) is 0. The van der Waals surface area contributed by atoms with Crippen LogP contribution in [0.3, 0.4) is 0 Å². The minimum atomic E-state index is -0.943. The number of carbonyl (C=O) groups is 3. The van der Waals surface area contributed by atoms with Crippen molar-refractivity contribution in [1.29, 1.82) is 0 Å². The summed E-state index contributed by atoms with van der Waals surface area (Å²) < 4.78 is 5.10. The van der Waals surface area contributed by atoms with Crippen molar-refractivity contribution in [3.05, 3.63) is 53.5 Å². The van der Waals surface area contributed by atoms with Crippen molar-refractivity contribution < 1.29 is 23.9 Å². The van der Waals surface area contributed by atoms with Gasteiger partial charge in [-0.1, -0.05) is 12.5 Å². The number of anilines is 1. The molecule has 1 saturated heterocycles. The quantitative estimate of drug-likeness (QED) is 0.846. The number of aliphatic carboxylic acids is 1. The Labute approximate surface area is 162 Å². The van der Waals surface area contributed by atoms with Gasteiger partial charge in [0.15, 0.2) is 5.76 Å². The minimum Gasteiger partial charge on any atom is -0.480 e. The van der Waals surface area contributed by atoms with Crippen LogP contribution in [0, 0.1) is 18.8 Å². The average molecular weight is 382 g/mol. The van der Waals surface area contributed by atoms with Crippen molar-refractivity contribution in [3.63, 3.8) is 0 Å². The standard InChI is InChI=1S/C21H22N2O5/c1-12-7-8-13(10-16(12)22-19(24)17-6-3-9-28-17)20(25)23-11-14-4-2-5-15(14)18(23)21(26)27/h3,6-10,14-15,18H,2,4-5,11H2,1H3,(H,22,24)(H,26,27). The zero-order valence-electron chi connectivity index (χ0n) is 15.6. The second kappa shape index (κ2) is 7.14. The van der Waals surface area contributed by atoms with Crippen molar-refractivity contribution in [2.24, 2.45) is 11.8 Å². The van der Waals surface area contributed by atoms with Gasteiger partial charge < -0.3 is 19.7 Å². The van der Waals surface area contributed by atoms with Gasteiger partial charge in [-0.3, -0.25) is 9.59 Å². The predicted molar refractivity (Wildman–Crippen MR) is 101 cm³/mol. The third-order valence-electron chi connectivity index (χ3n) is 5.88. The Balaban J connectivity index is 1.58. The van der Waals surface area contributed by atoms with E-state index in [-0.39, 0.29) is 23.5 Å². The number of nitrogens with one attached hydrogen (secondary N) is 1. The number of rotatable bonds is 4. The molecular formula is C21H22N2O5. The highest BCUT2D eigenvalue weighted by Gasteiger charge is 2.49. The van der Waals surface area contributed by atoms with Crippen LogP contribution in [0.1, 0.15) is 45.7 Å². The zero-order chi connectivity index (χ0) is 19.8. The summed E-state index contributed by atoms with van der Waals surface area (Å²) in [6, 6.07) is 7.43. The molecular weight excluding hydrogens is 360 g/mol. The molecule has 2 aromatic rings. The van der Waals surface area contributed by atoms with Gasteiger partial charge in [0.1, 0.15) is 6.04 Å². The SMILES string of the molecule is Cc1ccc(C(=O)N2CC3CCCC3C2C(=O)O)cc1NC(=O)c1ccco1. The first kappa shape index (κ1) is 18.3. The molecule has 1 aliphatic carbocycles. The van der Waals surface area contributed by atoms with E-state index in [9.17, 15) is 19.5 Å². The van der Waals surface area contributed by atoms with Crippen LogP contribution < -0.4 is 5.32 Å². The van der Waals surface area contributed by atoms with E-state index in [1.807, 2.05) is 6.92 Å². The number of likely N-dealkylation sites (tertiary alicyclic amines) is 1. The highest BCUT2D eigenvalue weighted by molar-refractivity contribution is 6.04. The van der Waals surface area contributed by atoms with Crippen LogP contribution in [0.25, 0.3) is 0 Å². The molecule has 7 heteroatoms. The lowest BCUT2D eigenvalue weighted by atomic mass is 9.94. The highest BCUT2D eigenvalue weighted by Crippen LogP contribution is 2.42. The van der Waals surface area contributed by atoms with E-state index in [4.69, 9.17) is 4.42 Å². The molecule has 146 valence electrons. The molecule has 2 amide bonds. The number of amides is 2. The van der Waals surface area contributed by atoms with Gasteiger partial charge in [-0.25, -0.2) is 4.79 Å². The fourth-order valence-corrected chi connectivity index (χ4v) is 4.48. The Hall–Kier alpha value is -3.09. The molecule has 0 radical (unpaired) electrons. The molecule has 28 heavy (non-hydrogen) atoms. The number of hydrogen-bond acceptors (Lipinski definition) is 4. The van der Waals surface area contributed by atoms with Crippen molar-refractivity contribution in [2.45, 2.75) is 32.2 Å². The lowest BCUT2D eigenvalue weighted by Crippen LogP contribution is -2.43. The van der Waals surface area contributed by atoms with Crippen LogP contribution in [0.2, 0.25) is 0 Å².